The first kappa shape index (κ1) is 21.5. The van der Waals surface area contributed by atoms with Crippen LogP contribution in [0.15, 0.2) is 23.2 Å². The van der Waals surface area contributed by atoms with Gasteiger partial charge in [-0.05, 0) is 51.9 Å². The molecular formula is C21H37N5O. The third kappa shape index (κ3) is 7.77. The number of nitrogens with zero attached hydrogens (tertiary/aromatic N) is 3. The third-order valence-corrected chi connectivity index (χ3v) is 4.98. The Morgan fingerprint density at radius 1 is 1.15 bits per heavy atom. The van der Waals surface area contributed by atoms with Crippen LogP contribution in [-0.4, -0.2) is 75.7 Å². The highest BCUT2D eigenvalue weighted by Gasteiger charge is 2.12. The van der Waals surface area contributed by atoms with Crippen molar-refractivity contribution in [3.63, 3.8) is 0 Å². The zero-order valence-corrected chi connectivity index (χ0v) is 17.6. The number of hydrogen-bond acceptors (Lipinski definition) is 4. The molecule has 2 N–H and O–H groups in total. The molecule has 1 aliphatic heterocycles. The molecule has 6 nitrogen and oxygen atoms in total. The Bertz CT molecular complexity index is 582. The van der Waals surface area contributed by atoms with Crippen molar-refractivity contribution >= 4 is 5.96 Å². The summed E-state index contributed by atoms with van der Waals surface area (Å²) in [7, 11) is 3.92. The summed E-state index contributed by atoms with van der Waals surface area (Å²) in [6.45, 7) is 12.6. The lowest BCUT2D eigenvalue weighted by Gasteiger charge is -2.32. The van der Waals surface area contributed by atoms with E-state index in [0.717, 1.165) is 36.8 Å². The number of ether oxygens (including phenoxy) is 1. The number of rotatable bonds is 9. The maximum atomic E-state index is 5.48. The monoisotopic (exact) mass is 375 g/mol. The van der Waals surface area contributed by atoms with E-state index in [2.05, 4.69) is 59.5 Å². The average Bonchev–Trinajstić information content (AvgIpc) is 2.67. The number of likely N-dealkylation sites (N-methyl/N-ethyl adjacent to an activating group) is 1. The van der Waals surface area contributed by atoms with Gasteiger partial charge in [0.1, 0.15) is 5.75 Å². The summed E-state index contributed by atoms with van der Waals surface area (Å²) in [4.78, 5) is 9.69. The Morgan fingerprint density at radius 3 is 2.63 bits per heavy atom. The molecule has 0 radical (unpaired) electrons. The topological polar surface area (TPSA) is 52.1 Å². The molecule has 1 heterocycles. The molecular weight excluding hydrogens is 338 g/mol. The highest BCUT2D eigenvalue weighted by molar-refractivity contribution is 5.79. The maximum Gasteiger partial charge on any atom is 0.191 e. The van der Waals surface area contributed by atoms with E-state index in [9.17, 15) is 0 Å². The Labute approximate surface area is 165 Å². The van der Waals surface area contributed by atoms with Crippen LogP contribution in [0.3, 0.4) is 0 Å². The second kappa shape index (κ2) is 11.8. The summed E-state index contributed by atoms with van der Waals surface area (Å²) in [5.41, 5.74) is 2.31. The van der Waals surface area contributed by atoms with Crippen LogP contribution in [0.2, 0.25) is 0 Å². The van der Waals surface area contributed by atoms with Gasteiger partial charge in [0.05, 0.1) is 13.7 Å². The molecule has 1 aromatic rings. The molecule has 1 aromatic carbocycles. The Hall–Kier alpha value is -1.79. The van der Waals surface area contributed by atoms with E-state index in [1.165, 1.54) is 44.7 Å². The van der Waals surface area contributed by atoms with Crippen molar-refractivity contribution < 1.29 is 4.74 Å². The highest BCUT2D eigenvalue weighted by Crippen LogP contribution is 2.20. The Balaban J connectivity index is 1.73. The Kier molecular flexibility index (Phi) is 9.42. The summed E-state index contributed by atoms with van der Waals surface area (Å²) in [6, 6.07) is 6.26. The van der Waals surface area contributed by atoms with Crippen molar-refractivity contribution in [3.8, 4) is 5.75 Å². The summed E-state index contributed by atoms with van der Waals surface area (Å²) in [6.07, 6.45) is 2.38. The first-order valence-corrected chi connectivity index (χ1v) is 10.2. The fourth-order valence-electron chi connectivity index (χ4n) is 3.23. The number of methoxy groups -OCH3 is 1. The molecule has 0 saturated carbocycles. The van der Waals surface area contributed by atoms with E-state index in [1.54, 1.807) is 7.11 Å². The number of hydrogen-bond donors (Lipinski definition) is 2. The second-order valence-corrected chi connectivity index (χ2v) is 7.29. The number of unbranched alkanes of at least 4 members (excludes halogenated alkanes) is 1. The van der Waals surface area contributed by atoms with Gasteiger partial charge < -0.3 is 25.2 Å². The average molecular weight is 376 g/mol. The van der Waals surface area contributed by atoms with E-state index in [4.69, 9.17) is 9.73 Å². The molecule has 1 aliphatic rings. The fraction of sp³-hybridized carbons (Fsp3) is 0.667. The van der Waals surface area contributed by atoms with Gasteiger partial charge in [0.25, 0.3) is 0 Å². The predicted octanol–water partition coefficient (Wildman–Crippen LogP) is 2.09. The van der Waals surface area contributed by atoms with Crippen LogP contribution in [0.1, 0.15) is 30.9 Å². The van der Waals surface area contributed by atoms with Crippen LogP contribution < -0.4 is 15.4 Å². The number of aryl methyl sites for hydroxylation is 1. The van der Waals surface area contributed by atoms with Crippen molar-refractivity contribution in [2.45, 2.75) is 33.2 Å². The van der Waals surface area contributed by atoms with Crippen LogP contribution in [0.25, 0.3) is 0 Å². The molecule has 0 atom stereocenters. The van der Waals surface area contributed by atoms with Crippen LogP contribution in [0.5, 0.6) is 5.75 Å². The molecule has 152 valence electrons. The zero-order chi connectivity index (χ0) is 19.5. The van der Waals surface area contributed by atoms with E-state index in [1.807, 2.05) is 0 Å². The van der Waals surface area contributed by atoms with Gasteiger partial charge in [-0.15, -0.1) is 0 Å². The first-order valence-electron chi connectivity index (χ1n) is 10.2. The minimum atomic E-state index is 0.611. The van der Waals surface area contributed by atoms with Crippen LogP contribution >= 0.6 is 0 Å². The van der Waals surface area contributed by atoms with Gasteiger partial charge in [0.2, 0.25) is 0 Å². The van der Waals surface area contributed by atoms with Crippen molar-refractivity contribution in [2.75, 3.05) is 60.0 Å². The number of piperazine rings is 1. The molecule has 1 saturated heterocycles. The first-order chi connectivity index (χ1) is 13.1. The van der Waals surface area contributed by atoms with E-state index >= 15 is 0 Å². The molecule has 2 rings (SSSR count). The van der Waals surface area contributed by atoms with Crippen molar-refractivity contribution in [1.82, 2.24) is 20.4 Å². The number of nitrogens with one attached hydrogen (secondary N) is 2. The van der Waals surface area contributed by atoms with Gasteiger partial charge in [0, 0.05) is 44.8 Å². The summed E-state index contributed by atoms with van der Waals surface area (Å²) >= 11 is 0. The molecule has 0 amide bonds. The largest absolute Gasteiger partial charge is 0.496 e. The molecule has 27 heavy (non-hydrogen) atoms. The molecule has 0 unspecified atom stereocenters. The van der Waals surface area contributed by atoms with Crippen molar-refractivity contribution in [2.24, 2.45) is 4.99 Å². The van der Waals surface area contributed by atoms with Crippen molar-refractivity contribution in [3.05, 3.63) is 29.3 Å². The predicted molar refractivity (Wildman–Crippen MR) is 114 cm³/mol. The molecule has 0 aromatic heterocycles. The SMILES string of the molecule is CCNC(=NCc1ccc(C)cc1OC)NCCCCN1CCN(C)CC1. The minimum absolute atomic E-state index is 0.611. The fourth-order valence-corrected chi connectivity index (χ4v) is 3.23. The molecule has 0 bridgehead atoms. The van der Waals surface area contributed by atoms with Crippen LogP contribution in [0, 0.1) is 6.92 Å². The standard InChI is InChI=1S/C21H37N5O/c1-5-22-21(24-17-19-9-8-18(2)16-20(19)27-4)23-10-6-7-11-26-14-12-25(3)13-15-26/h8-9,16H,5-7,10-15,17H2,1-4H3,(H2,22,23,24). The number of benzene rings is 1. The van der Waals surface area contributed by atoms with Crippen molar-refractivity contribution in [1.29, 1.82) is 0 Å². The third-order valence-electron chi connectivity index (χ3n) is 4.98. The van der Waals surface area contributed by atoms with Gasteiger partial charge in [-0.3, -0.25) is 0 Å². The van der Waals surface area contributed by atoms with Gasteiger partial charge >= 0.3 is 0 Å². The van der Waals surface area contributed by atoms with E-state index in [0.29, 0.717) is 6.54 Å². The van der Waals surface area contributed by atoms with Gasteiger partial charge in [-0.25, -0.2) is 4.99 Å². The number of aliphatic imine (C=N–C) groups is 1. The van der Waals surface area contributed by atoms with Gasteiger partial charge in [-0.2, -0.15) is 0 Å². The van der Waals surface area contributed by atoms with E-state index < -0.39 is 0 Å². The van der Waals surface area contributed by atoms with E-state index in [-0.39, 0.29) is 0 Å². The second-order valence-electron chi connectivity index (χ2n) is 7.29. The maximum absolute atomic E-state index is 5.48. The van der Waals surface area contributed by atoms with Crippen LogP contribution in [-0.2, 0) is 6.54 Å². The minimum Gasteiger partial charge on any atom is -0.496 e. The summed E-state index contributed by atoms with van der Waals surface area (Å²) < 4.78 is 5.48. The Morgan fingerprint density at radius 2 is 1.93 bits per heavy atom. The quantitative estimate of drug-likeness (QED) is 0.393. The molecule has 0 aliphatic carbocycles. The van der Waals surface area contributed by atoms with Crippen LogP contribution in [0.4, 0.5) is 0 Å². The lowest BCUT2D eigenvalue weighted by molar-refractivity contribution is 0.152. The summed E-state index contributed by atoms with van der Waals surface area (Å²) in [5.74, 6) is 1.78. The molecule has 1 fully saturated rings. The van der Waals surface area contributed by atoms with Gasteiger partial charge in [-0.1, -0.05) is 12.1 Å². The highest BCUT2D eigenvalue weighted by atomic mass is 16.5. The summed E-state index contributed by atoms with van der Waals surface area (Å²) in [5, 5.41) is 6.78. The van der Waals surface area contributed by atoms with Gasteiger partial charge in [0.15, 0.2) is 5.96 Å². The lowest BCUT2D eigenvalue weighted by atomic mass is 10.1. The lowest BCUT2D eigenvalue weighted by Crippen LogP contribution is -2.44. The smallest absolute Gasteiger partial charge is 0.191 e. The zero-order valence-electron chi connectivity index (χ0n) is 17.6. The molecule has 6 heteroatoms. The normalized spacial score (nSPS) is 16.4. The molecule has 0 spiro atoms. The number of guanidine groups is 1.